The summed E-state index contributed by atoms with van der Waals surface area (Å²) in [6.45, 7) is 2.24. The second-order valence-electron chi connectivity index (χ2n) is 6.61. The third-order valence-electron chi connectivity index (χ3n) is 5.10. The van der Waals surface area contributed by atoms with Crippen LogP contribution in [-0.4, -0.2) is 11.0 Å². The van der Waals surface area contributed by atoms with Gasteiger partial charge in [-0.2, -0.15) is 0 Å². The van der Waals surface area contributed by atoms with Gasteiger partial charge in [0.1, 0.15) is 16.9 Å². The van der Waals surface area contributed by atoms with Gasteiger partial charge in [-0.15, -0.1) is 11.3 Å². The summed E-state index contributed by atoms with van der Waals surface area (Å²) in [6, 6.07) is 3.65. The van der Waals surface area contributed by atoms with Crippen LogP contribution in [0.5, 0.6) is 5.75 Å². The maximum Gasteiger partial charge on any atom is 0.256 e. The number of anilines is 1. The fourth-order valence-corrected chi connectivity index (χ4v) is 6.24. The molecule has 4 rings (SSSR count). The van der Waals surface area contributed by atoms with E-state index < -0.39 is 0 Å². The number of carbonyl (C=O) groups is 1. The molecule has 1 aliphatic carbocycles. The van der Waals surface area contributed by atoms with Crippen molar-refractivity contribution in [3.05, 3.63) is 42.6 Å². The van der Waals surface area contributed by atoms with Gasteiger partial charge < -0.3 is 15.7 Å². The molecule has 0 unspecified atom stereocenters. The van der Waals surface area contributed by atoms with Gasteiger partial charge in [-0.1, -0.05) is 13.3 Å². The molecule has 0 saturated carbocycles. The molecule has 0 radical (unpaired) electrons. The normalized spacial score (nSPS) is 22.0. The molecular weight excluding hydrogens is 468 g/mol. The van der Waals surface area contributed by atoms with Crippen molar-refractivity contribution in [2.45, 2.75) is 38.8 Å². The van der Waals surface area contributed by atoms with Crippen LogP contribution in [0, 0.1) is 5.92 Å². The van der Waals surface area contributed by atoms with Crippen LogP contribution in [0.15, 0.2) is 21.1 Å². The Balaban J connectivity index is 1.68. The van der Waals surface area contributed by atoms with E-state index in [1.807, 2.05) is 12.1 Å². The van der Waals surface area contributed by atoms with E-state index in [0.717, 1.165) is 34.9 Å². The number of benzene rings is 1. The molecule has 2 aliphatic rings. The molecule has 0 saturated heterocycles. The zero-order chi connectivity index (χ0) is 17.7. The summed E-state index contributed by atoms with van der Waals surface area (Å²) >= 11 is 8.43. The van der Waals surface area contributed by atoms with E-state index in [9.17, 15) is 9.90 Å². The van der Waals surface area contributed by atoms with Crippen LogP contribution in [0.1, 0.15) is 52.3 Å². The summed E-state index contributed by atoms with van der Waals surface area (Å²) in [5.74, 6) is 0.880. The first kappa shape index (κ1) is 17.4. The summed E-state index contributed by atoms with van der Waals surface area (Å²) in [5.41, 5.74) is 2.96. The minimum Gasteiger partial charge on any atom is -0.506 e. The van der Waals surface area contributed by atoms with Crippen molar-refractivity contribution >= 4 is 54.1 Å². The van der Waals surface area contributed by atoms with Crippen LogP contribution in [0.4, 0.5) is 5.00 Å². The Morgan fingerprint density at radius 2 is 2.00 bits per heavy atom. The Hall–Kier alpha value is -1.05. The molecule has 1 aromatic heterocycles. The second-order valence-corrected chi connectivity index (χ2v) is 9.42. The van der Waals surface area contributed by atoms with E-state index in [2.05, 4.69) is 49.4 Å². The summed E-state index contributed by atoms with van der Waals surface area (Å²) in [4.78, 5) is 14.1. The molecule has 2 heterocycles. The monoisotopic (exact) mass is 484 g/mol. The van der Waals surface area contributed by atoms with Gasteiger partial charge in [0.25, 0.3) is 5.91 Å². The second kappa shape index (κ2) is 6.59. The molecule has 132 valence electrons. The standard InChI is InChI=1S/C18H18Br2N2O2S/c1-2-8-3-4-10-13(5-8)25-18-14(10)17(24)21-16(22-18)9-6-11(19)15(23)12(20)7-9/h6-8,16,22-23H,2-5H2,1H3,(H,21,24)/t8-,16-/m0/s1. The Morgan fingerprint density at radius 3 is 2.68 bits per heavy atom. The van der Waals surface area contributed by atoms with Crippen LogP contribution >= 0.6 is 43.2 Å². The highest BCUT2D eigenvalue weighted by molar-refractivity contribution is 9.11. The average molecular weight is 486 g/mol. The van der Waals surface area contributed by atoms with Gasteiger partial charge in [0.15, 0.2) is 0 Å². The lowest BCUT2D eigenvalue weighted by atomic mass is 9.85. The summed E-state index contributed by atoms with van der Waals surface area (Å²) in [6.07, 6.45) is 4.13. The number of hydrogen-bond acceptors (Lipinski definition) is 4. The van der Waals surface area contributed by atoms with Gasteiger partial charge in [0, 0.05) is 4.88 Å². The number of fused-ring (bicyclic) bond motifs is 3. The Labute approximate surface area is 167 Å². The molecule has 25 heavy (non-hydrogen) atoms. The van der Waals surface area contributed by atoms with Crippen LogP contribution in [0.25, 0.3) is 0 Å². The number of halogens is 2. The fraction of sp³-hybridized carbons (Fsp3) is 0.389. The SMILES string of the molecule is CC[C@H]1CCc2c(sc3c2C(=O)N[C@H](c2cc(Br)c(O)c(Br)c2)N3)C1. The van der Waals surface area contributed by atoms with E-state index in [1.165, 1.54) is 23.3 Å². The molecule has 1 aromatic carbocycles. The Morgan fingerprint density at radius 1 is 1.28 bits per heavy atom. The van der Waals surface area contributed by atoms with E-state index in [0.29, 0.717) is 8.95 Å². The summed E-state index contributed by atoms with van der Waals surface area (Å²) in [5, 5.41) is 17.4. The predicted octanol–water partition coefficient (Wildman–Crippen LogP) is 5.35. The number of aromatic hydroxyl groups is 1. The van der Waals surface area contributed by atoms with Crippen LogP contribution < -0.4 is 10.6 Å². The number of rotatable bonds is 2. The van der Waals surface area contributed by atoms with Crippen LogP contribution in [0.2, 0.25) is 0 Å². The summed E-state index contributed by atoms with van der Waals surface area (Å²) in [7, 11) is 0. The van der Waals surface area contributed by atoms with Crippen molar-refractivity contribution in [1.29, 1.82) is 0 Å². The van der Waals surface area contributed by atoms with Crippen molar-refractivity contribution < 1.29 is 9.90 Å². The number of carbonyl (C=O) groups excluding carboxylic acids is 1. The quantitative estimate of drug-likeness (QED) is 0.537. The third-order valence-corrected chi connectivity index (χ3v) is 7.49. The first-order valence-electron chi connectivity index (χ1n) is 8.37. The maximum atomic E-state index is 12.8. The van der Waals surface area contributed by atoms with Gasteiger partial charge in [0.2, 0.25) is 0 Å². The molecule has 1 amide bonds. The van der Waals surface area contributed by atoms with Gasteiger partial charge in [-0.3, -0.25) is 4.79 Å². The highest BCUT2D eigenvalue weighted by Gasteiger charge is 2.33. The number of thiophene rings is 1. The molecular formula is C18H18Br2N2O2S. The van der Waals surface area contributed by atoms with Crippen LogP contribution in [0.3, 0.4) is 0 Å². The Bertz CT molecular complexity index is 842. The van der Waals surface area contributed by atoms with Crippen molar-refractivity contribution in [2.75, 3.05) is 5.32 Å². The molecule has 0 bridgehead atoms. The predicted molar refractivity (Wildman–Crippen MR) is 107 cm³/mol. The van der Waals surface area contributed by atoms with Crippen molar-refractivity contribution in [3.8, 4) is 5.75 Å². The lowest BCUT2D eigenvalue weighted by Crippen LogP contribution is -2.38. The first-order chi connectivity index (χ1) is 12.0. The van der Waals surface area contributed by atoms with Gasteiger partial charge in [-0.25, -0.2) is 0 Å². The molecule has 4 nitrogen and oxygen atoms in total. The van der Waals surface area contributed by atoms with E-state index in [-0.39, 0.29) is 17.8 Å². The number of phenols is 1. The first-order valence-corrected chi connectivity index (χ1v) is 10.8. The minimum atomic E-state index is -0.310. The number of phenolic OH excluding ortho intramolecular Hbond substituents is 1. The molecule has 2 atom stereocenters. The van der Waals surface area contributed by atoms with Crippen molar-refractivity contribution in [1.82, 2.24) is 5.32 Å². The van der Waals surface area contributed by atoms with Gasteiger partial charge in [-0.05, 0) is 80.3 Å². The molecule has 3 N–H and O–H groups in total. The van der Waals surface area contributed by atoms with Crippen molar-refractivity contribution in [2.24, 2.45) is 5.92 Å². The largest absolute Gasteiger partial charge is 0.506 e. The molecule has 1 aliphatic heterocycles. The van der Waals surface area contributed by atoms with Crippen LogP contribution in [-0.2, 0) is 12.8 Å². The molecule has 0 spiro atoms. The highest BCUT2D eigenvalue weighted by Crippen LogP contribution is 2.44. The van der Waals surface area contributed by atoms with Gasteiger partial charge >= 0.3 is 0 Å². The zero-order valence-corrected chi connectivity index (χ0v) is 17.6. The highest BCUT2D eigenvalue weighted by atomic mass is 79.9. The lowest BCUT2D eigenvalue weighted by molar-refractivity contribution is 0.0935. The fourth-order valence-electron chi connectivity index (χ4n) is 3.63. The molecule has 7 heteroatoms. The van der Waals surface area contributed by atoms with E-state index in [1.54, 1.807) is 11.3 Å². The smallest absolute Gasteiger partial charge is 0.256 e. The molecule has 2 aromatic rings. The minimum absolute atomic E-state index is 0.00785. The van der Waals surface area contributed by atoms with Crippen molar-refractivity contribution in [3.63, 3.8) is 0 Å². The van der Waals surface area contributed by atoms with E-state index >= 15 is 0 Å². The zero-order valence-electron chi connectivity index (χ0n) is 13.7. The molecule has 0 fully saturated rings. The lowest BCUT2D eigenvalue weighted by Gasteiger charge is -2.27. The summed E-state index contributed by atoms with van der Waals surface area (Å²) < 4.78 is 1.19. The topological polar surface area (TPSA) is 61.4 Å². The number of nitrogens with one attached hydrogen (secondary N) is 2. The number of amides is 1. The van der Waals surface area contributed by atoms with E-state index in [4.69, 9.17) is 0 Å². The van der Waals surface area contributed by atoms with Gasteiger partial charge in [0.05, 0.1) is 14.5 Å². The Kier molecular flexibility index (Phi) is 4.58. The average Bonchev–Trinajstić information content (AvgIpc) is 2.96. The third kappa shape index (κ3) is 3.00. The number of hydrogen-bond donors (Lipinski definition) is 3. The maximum absolute atomic E-state index is 12.8.